The number of carbonyl (C=O) groups is 2. The van der Waals surface area contributed by atoms with Gasteiger partial charge in [-0.25, -0.2) is 0 Å². The van der Waals surface area contributed by atoms with Gasteiger partial charge in [0.2, 0.25) is 5.13 Å². The molecule has 1 unspecified atom stereocenters. The standard InChI is InChI=1S/C29H24ClN3O6S2/c1-37-19-11-8-16(9-12-19)25(34)23-24(17-10-13-21(38-2)22(14-17)39-3)33(27(36)26(23)35)28-31-32-29(41-28)40-15-18-6-4-5-7-20(18)30/h4-14,24,34H,15H2,1-3H3/b25-23-. The molecule has 1 aliphatic heterocycles. The van der Waals surface area contributed by atoms with E-state index in [1.807, 2.05) is 24.3 Å². The molecule has 1 amide bonds. The lowest BCUT2D eigenvalue weighted by molar-refractivity contribution is -0.132. The first-order valence-corrected chi connectivity index (χ1v) is 14.4. The van der Waals surface area contributed by atoms with Crippen LogP contribution in [0.25, 0.3) is 5.76 Å². The molecule has 1 aromatic heterocycles. The van der Waals surface area contributed by atoms with Crippen LogP contribution in [0.2, 0.25) is 5.02 Å². The number of ether oxygens (including phenoxy) is 3. The summed E-state index contributed by atoms with van der Waals surface area (Å²) in [6, 6.07) is 18.1. The van der Waals surface area contributed by atoms with E-state index in [2.05, 4.69) is 10.2 Å². The number of halogens is 1. The number of carbonyl (C=O) groups excluding carboxylic acids is 2. The second-order valence-electron chi connectivity index (χ2n) is 8.74. The monoisotopic (exact) mass is 609 g/mol. The number of hydrogen-bond donors (Lipinski definition) is 1. The van der Waals surface area contributed by atoms with Crippen molar-refractivity contribution in [2.24, 2.45) is 0 Å². The fourth-order valence-corrected chi connectivity index (χ4v) is 6.54. The number of aliphatic hydroxyl groups excluding tert-OH is 1. The van der Waals surface area contributed by atoms with Crippen molar-refractivity contribution in [1.82, 2.24) is 10.2 Å². The first-order chi connectivity index (χ1) is 19.9. The zero-order chi connectivity index (χ0) is 29.1. The van der Waals surface area contributed by atoms with E-state index in [9.17, 15) is 14.7 Å². The summed E-state index contributed by atoms with van der Waals surface area (Å²) in [4.78, 5) is 28.3. The number of benzene rings is 3. The van der Waals surface area contributed by atoms with Gasteiger partial charge in [0, 0.05) is 16.3 Å². The van der Waals surface area contributed by atoms with Gasteiger partial charge in [0.05, 0.1) is 32.9 Å². The average molecular weight is 610 g/mol. The Morgan fingerprint density at radius 1 is 0.976 bits per heavy atom. The van der Waals surface area contributed by atoms with Crippen molar-refractivity contribution in [1.29, 1.82) is 0 Å². The van der Waals surface area contributed by atoms with Gasteiger partial charge in [-0.3, -0.25) is 14.5 Å². The van der Waals surface area contributed by atoms with E-state index in [0.717, 1.165) is 5.56 Å². The van der Waals surface area contributed by atoms with E-state index >= 15 is 0 Å². The third-order valence-electron chi connectivity index (χ3n) is 6.44. The third-order valence-corrected chi connectivity index (χ3v) is 8.92. The molecule has 3 aromatic carbocycles. The van der Waals surface area contributed by atoms with E-state index in [4.69, 9.17) is 25.8 Å². The number of methoxy groups -OCH3 is 3. The Morgan fingerprint density at radius 2 is 1.71 bits per heavy atom. The Labute approximate surface area is 249 Å². The van der Waals surface area contributed by atoms with Crippen LogP contribution in [0.15, 0.2) is 76.6 Å². The molecule has 12 heteroatoms. The van der Waals surface area contributed by atoms with Gasteiger partial charge in [-0.1, -0.05) is 59.0 Å². The molecule has 9 nitrogen and oxygen atoms in total. The molecule has 210 valence electrons. The third kappa shape index (κ3) is 5.61. The second-order valence-corrected chi connectivity index (χ2v) is 11.3. The molecular weight excluding hydrogens is 586 g/mol. The number of aromatic nitrogens is 2. The minimum Gasteiger partial charge on any atom is -0.507 e. The summed E-state index contributed by atoms with van der Waals surface area (Å²) < 4.78 is 16.6. The van der Waals surface area contributed by atoms with Crippen LogP contribution in [0.4, 0.5) is 5.13 Å². The Morgan fingerprint density at radius 3 is 2.39 bits per heavy atom. The zero-order valence-corrected chi connectivity index (χ0v) is 24.5. The molecule has 1 aliphatic rings. The molecular formula is C29H24ClN3O6S2. The Bertz CT molecular complexity index is 1640. The first kappa shape index (κ1) is 28.5. The van der Waals surface area contributed by atoms with Crippen LogP contribution in [0, 0.1) is 0 Å². The number of aliphatic hydroxyl groups is 1. The number of rotatable bonds is 9. The highest BCUT2D eigenvalue weighted by molar-refractivity contribution is 8.00. The summed E-state index contributed by atoms with van der Waals surface area (Å²) >= 11 is 8.87. The topological polar surface area (TPSA) is 111 Å². The lowest BCUT2D eigenvalue weighted by Gasteiger charge is -2.23. The maximum Gasteiger partial charge on any atom is 0.301 e. The summed E-state index contributed by atoms with van der Waals surface area (Å²) in [5.41, 5.74) is 1.70. The molecule has 1 saturated heterocycles. The zero-order valence-electron chi connectivity index (χ0n) is 22.2. The van der Waals surface area contributed by atoms with Gasteiger partial charge in [0.15, 0.2) is 15.8 Å². The normalized spacial score (nSPS) is 16.2. The number of hydrogen-bond acceptors (Lipinski definition) is 10. The maximum atomic E-state index is 13.5. The molecule has 0 aliphatic carbocycles. The number of anilines is 1. The van der Waals surface area contributed by atoms with Crippen LogP contribution in [-0.2, 0) is 15.3 Å². The molecule has 0 saturated carbocycles. The van der Waals surface area contributed by atoms with Gasteiger partial charge in [-0.15, -0.1) is 10.2 Å². The molecule has 0 radical (unpaired) electrons. The van der Waals surface area contributed by atoms with Crippen LogP contribution < -0.4 is 19.1 Å². The van der Waals surface area contributed by atoms with Crippen molar-refractivity contribution >= 4 is 57.3 Å². The fraction of sp³-hybridized carbons (Fsp3) is 0.172. The van der Waals surface area contributed by atoms with Crippen LogP contribution in [0.5, 0.6) is 17.2 Å². The number of amides is 1. The highest BCUT2D eigenvalue weighted by atomic mass is 35.5. The summed E-state index contributed by atoms with van der Waals surface area (Å²) in [5.74, 6) is -0.0211. The largest absolute Gasteiger partial charge is 0.507 e. The van der Waals surface area contributed by atoms with Crippen molar-refractivity contribution < 1.29 is 28.9 Å². The van der Waals surface area contributed by atoms with Crippen molar-refractivity contribution in [3.63, 3.8) is 0 Å². The van der Waals surface area contributed by atoms with E-state index in [0.29, 0.717) is 43.5 Å². The number of Topliss-reactive ketones (excluding diaryl/α,β-unsaturated/α-hetero) is 1. The van der Waals surface area contributed by atoms with Crippen molar-refractivity contribution in [2.45, 2.75) is 16.1 Å². The van der Waals surface area contributed by atoms with Crippen molar-refractivity contribution in [2.75, 3.05) is 26.2 Å². The molecule has 4 aromatic rings. The molecule has 1 atom stereocenters. The van der Waals surface area contributed by atoms with Gasteiger partial charge in [-0.2, -0.15) is 0 Å². The highest BCUT2D eigenvalue weighted by Crippen LogP contribution is 2.45. The fourth-order valence-electron chi connectivity index (χ4n) is 4.39. The smallest absolute Gasteiger partial charge is 0.301 e. The molecule has 41 heavy (non-hydrogen) atoms. The Balaban J connectivity index is 1.58. The SMILES string of the molecule is COc1ccc(/C(O)=C2/C(=O)C(=O)N(c3nnc(SCc4ccccc4Cl)s3)C2c2ccc(OC)c(OC)c2)cc1. The molecule has 1 fully saturated rings. The first-order valence-electron chi connectivity index (χ1n) is 12.2. The van der Waals surface area contributed by atoms with E-state index in [1.165, 1.54) is 49.3 Å². The quantitative estimate of drug-likeness (QED) is 0.0787. The number of thioether (sulfide) groups is 1. The summed E-state index contributed by atoms with van der Waals surface area (Å²) in [7, 11) is 4.53. The molecule has 0 bridgehead atoms. The van der Waals surface area contributed by atoms with Crippen molar-refractivity contribution in [3.05, 3.63) is 94.0 Å². The number of ketones is 1. The summed E-state index contributed by atoms with van der Waals surface area (Å²) in [6.45, 7) is 0. The lowest BCUT2D eigenvalue weighted by Crippen LogP contribution is -2.29. The molecule has 1 N–H and O–H groups in total. The van der Waals surface area contributed by atoms with E-state index in [-0.39, 0.29) is 16.5 Å². The lowest BCUT2D eigenvalue weighted by atomic mass is 9.95. The predicted octanol–water partition coefficient (Wildman–Crippen LogP) is 6.14. The predicted molar refractivity (Wildman–Crippen MR) is 158 cm³/mol. The minimum absolute atomic E-state index is 0.0899. The Kier molecular flexibility index (Phi) is 8.48. The van der Waals surface area contributed by atoms with Gasteiger partial charge in [0.25, 0.3) is 5.78 Å². The minimum atomic E-state index is -1.01. The van der Waals surface area contributed by atoms with Crippen LogP contribution in [-0.4, -0.2) is 48.3 Å². The van der Waals surface area contributed by atoms with E-state index in [1.54, 1.807) is 42.5 Å². The van der Waals surface area contributed by atoms with Gasteiger partial charge in [0.1, 0.15) is 11.5 Å². The van der Waals surface area contributed by atoms with Crippen molar-refractivity contribution in [3.8, 4) is 17.2 Å². The van der Waals surface area contributed by atoms with Gasteiger partial charge in [-0.05, 0) is 53.6 Å². The van der Waals surface area contributed by atoms with Gasteiger partial charge >= 0.3 is 5.91 Å². The van der Waals surface area contributed by atoms with Crippen LogP contribution >= 0.6 is 34.7 Å². The summed E-state index contributed by atoms with van der Waals surface area (Å²) in [5, 5.41) is 20.7. The highest BCUT2D eigenvalue weighted by Gasteiger charge is 2.48. The molecule has 2 heterocycles. The Hall–Kier alpha value is -4.06. The maximum absolute atomic E-state index is 13.5. The van der Waals surface area contributed by atoms with Crippen LogP contribution in [0.3, 0.4) is 0 Å². The van der Waals surface area contributed by atoms with Crippen LogP contribution in [0.1, 0.15) is 22.7 Å². The summed E-state index contributed by atoms with van der Waals surface area (Å²) in [6.07, 6.45) is 0. The molecule has 5 rings (SSSR count). The number of nitrogens with zero attached hydrogens (tertiary/aromatic N) is 3. The van der Waals surface area contributed by atoms with E-state index < -0.39 is 17.7 Å². The molecule has 0 spiro atoms. The second kappa shape index (κ2) is 12.2. The van der Waals surface area contributed by atoms with Gasteiger partial charge < -0.3 is 19.3 Å². The average Bonchev–Trinajstić information content (AvgIpc) is 3.57.